The lowest BCUT2D eigenvalue weighted by Gasteiger charge is -2.26. The summed E-state index contributed by atoms with van der Waals surface area (Å²) in [7, 11) is 0. The molecule has 2 aliphatic carbocycles. The summed E-state index contributed by atoms with van der Waals surface area (Å²) in [5, 5.41) is 2.97. The van der Waals surface area contributed by atoms with Crippen LogP contribution < -0.4 is 11.1 Å². The molecule has 1 amide bonds. The fourth-order valence-electron chi connectivity index (χ4n) is 4.39. The van der Waals surface area contributed by atoms with Crippen LogP contribution in [0.2, 0.25) is 0 Å². The Bertz CT molecular complexity index is 826. The quantitative estimate of drug-likeness (QED) is 0.361. The van der Waals surface area contributed by atoms with E-state index in [2.05, 4.69) is 48.4 Å². The van der Waals surface area contributed by atoms with Gasteiger partial charge in [0.25, 0.3) is 0 Å². The van der Waals surface area contributed by atoms with Gasteiger partial charge in [-0.15, -0.1) is 0 Å². The Balaban J connectivity index is 0.000000554. The molecule has 1 aromatic rings. The van der Waals surface area contributed by atoms with Crippen LogP contribution in [0.3, 0.4) is 0 Å². The van der Waals surface area contributed by atoms with Crippen LogP contribution >= 0.6 is 0 Å². The van der Waals surface area contributed by atoms with Crippen LogP contribution in [0.4, 0.5) is 10.5 Å². The summed E-state index contributed by atoms with van der Waals surface area (Å²) in [5.74, 6) is 1.62. The van der Waals surface area contributed by atoms with Gasteiger partial charge in [-0.05, 0) is 88.1 Å². The third-order valence-electron chi connectivity index (χ3n) is 6.04. The standard InChI is InChI=1S/C22H33N3O2.C6H12/c1-6-7-18-14-17(10-13-20(18)24-15(2)23)16-8-11-19(12-9-16)25-21(26)27-22(3,4)5;1-6-4-2-3-5-6/h8,10,13-14,19H,6-7,9,11-12H2,1-5H3,(H2,23,24)(H,25,26);6H,2-5H2,1H3. The van der Waals surface area contributed by atoms with Crippen molar-refractivity contribution in [3.63, 3.8) is 0 Å². The van der Waals surface area contributed by atoms with E-state index in [1.54, 1.807) is 0 Å². The Kier molecular flexibility index (Phi) is 10.5. The number of hydrogen-bond donors (Lipinski definition) is 2. The number of carbonyl (C=O) groups is 1. The molecule has 0 saturated heterocycles. The molecule has 0 aliphatic heterocycles. The first-order valence-corrected chi connectivity index (χ1v) is 12.7. The Morgan fingerprint density at radius 3 is 2.39 bits per heavy atom. The summed E-state index contributed by atoms with van der Waals surface area (Å²) in [4.78, 5) is 16.4. The second-order valence-electron chi connectivity index (χ2n) is 10.6. The third-order valence-corrected chi connectivity index (χ3v) is 6.04. The molecule has 2 aliphatic rings. The minimum atomic E-state index is -0.471. The van der Waals surface area contributed by atoms with Crippen LogP contribution in [0, 0.1) is 5.92 Å². The van der Waals surface area contributed by atoms with Crippen molar-refractivity contribution in [1.82, 2.24) is 5.32 Å². The molecule has 5 nitrogen and oxygen atoms in total. The van der Waals surface area contributed by atoms with Crippen molar-refractivity contribution in [1.29, 1.82) is 0 Å². The molecule has 3 rings (SSSR count). The molecular formula is C28H45N3O2. The summed E-state index contributed by atoms with van der Waals surface area (Å²) >= 11 is 0. The number of amides is 1. The molecule has 0 radical (unpaired) electrons. The van der Waals surface area contributed by atoms with Gasteiger partial charge in [-0.1, -0.05) is 58.1 Å². The number of ether oxygens (including phenoxy) is 1. The number of alkyl carbamates (subject to hydrolysis) is 1. The highest BCUT2D eigenvalue weighted by Crippen LogP contribution is 2.31. The number of benzene rings is 1. The van der Waals surface area contributed by atoms with Crippen molar-refractivity contribution in [2.24, 2.45) is 16.6 Å². The predicted molar refractivity (Wildman–Crippen MR) is 140 cm³/mol. The van der Waals surface area contributed by atoms with E-state index in [0.717, 1.165) is 43.7 Å². The fourth-order valence-corrected chi connectivity index (χ4v) is 4.39. The van der Waals surface area contributed by atoms with E-state index in [9.17, 15) is 4.79 Å². The molecule has 3 N–H and O–H groups in total. The second kappa shape index (κ2) is 12.8. The number of rotatable bonds is 5. The summed E-state index contributed by atoms with van der Waals surface area (Å²) in [6.07, 6.45) is 12.6. The molecule has 5 heteroatoms. The highest BCUT2D eigenvalue weighted by Gasteiger charge is 2.21. The minimum Gasteiger partial charge on any atom is -0.444 e. The maximum Gasteiger partial charge on any atom is 0.407 e. The van der Waals surface area contributed by atoms with Crippen molar-refractivity contribution in [2.45, 2.75) is 111 Å². The van der Waals surface area contributed by atoms with Gasteiger partial charge in [0.05, 0.1) is 11.5 Å². The SMILES string of the molecule is CC1CCCC1.CCCc1cc(C2=CCC(NC(=O)OC(C)(C)C)CC2)ccc1N=C(C)N. The van der Waals surface area contributed by atoms with Gasteiger partial charge in [-0.25, -0.2) is 9.79 Å². The monoisotopic (exact) mass is 455 g/mol. The van der Waals surface area contributed by atoms with Crippen molar-refractivity contribution in [3.8, 4) is 0 Å². The molecule has 33 heavy (non-hydrogen) atoms. The summed E-state index contributed by atoms with van der Waals surface area (Å²) in [6, 6.07) is 6.54. The Hall–Kier alpha value is -2.30. The van der Waals surface area contributed by atoms with Gasteiger partial charge in [0.2, 0.25) is 0 Å². The average molecular weight is 456 g/mol. The zero-order valence-electron chi connectivity index (χ0n) is 21.7. The van der Waals surface area contributed by atoms with Gasteiger partial charge < -0.3 is 15.8 Å². The van der Waals surface area contributed by atoms with Crippen LogP contribution in [-0.4, -0.2) is 23.6 Å². The number of carbonyl (C=O) groups excluding carboxylic acids is 1. The van der Waals surface area contributed by atoms with Gasteiger partial charge in [-0.3, -0.25) is 0 Å². The largest absolute Gasteiger partial charge is 0.444 e. The lowest BCUT2D eigenvalue weighted by molar-refractivity contribution is 0.0502. The molecule has 1 fully saturated rings. The van der Waals surface area contributed by atoms with Gasteiger partial charge in [-0.2, -0.15) is 0 Å². The molecule has 1 aromatic carbocycles. The fraction of sp³-hybridized carbons (Fsp3) is 0.643. The number of nitrogens with two attached hydrogens (primary N) is 1. The number of allylic oxidation sites excluding steroid dienone is 1. The average Bonchev–Trinajstić information content (AvgIpc) is 3.20. The Labute approximate surface area is 201 Å². The van der Waals surface area contributed by atoms with Crippen LogP contribution in [0.1, 0.15) is 104 Å². The number of aryl methyl sites for hydroxylation is 1. The molecule has 0 heterocycles. The van der Waals surface area contributed by atoms with Crippen LogP contribution in [-0.2, 0) is 11.2 Å². The van der Waals surface area contributed by atoms with E-state index in [0.29, 0.717) is 5.84 Å². The molecule has 1 unspecified atom stereocenters. The van der Waals surface area contributed by atoms with Crippen molar-refractivity contribution < 1.29 is 9.53 Å². The van der Waals surface area contributed by atoms with Gasteiger partial charge in [0.1, 0.15) is 5.60 Å². The maximum atomic E-state index is 11.9. The van der Waals surface area contributed by atoms with Gasteiger partial charge in [0.15, 0.2) is 0 Å². The van der Waals surface area contributed by atoms with E-state index in [1.807, 2.05) is 27.7 Å². The topological polar surface area (TPSA) is 76.7 Å². The number of nitrogens with zero attached hydrogens (tertiary/aromatic N) is 1. The maximum absolute atomic E-state index is 11.9. The van der Waals surface area contributed by atoms with Crippen LogP contribution in [0.15, 0.2) is 29.3 Å². The predicted octanol–water partition coefficient (Wildman–Crippen LogP) is 7.30. The highest BCUT2D eigenvalue weighted by molar-refractivity contribution is 5.81. The molecule has 0 spiro atoms. The van der Waals surface area contributed by atoms with Crippen molar-refractivity contribution >= 4 is 23.2 Å². The van der Waals surface area contributed by atoms with E-state index in [4.69, 9.17) is 10.5 Å². The molecule has 0 bridgehead atoms. The summed E-state index contributed by atoms with van der Waals surface area (Å²) < 4.78 is 5.35. The van der Waals surface area contributed by atoms with E-state index < -0.39 is 5.60 Å². The Morgan fingerprint density at radius 2 is 1.91 bits per heavy atom. The van der Waals surface area contributed by atoms with Crippen LogP contribution in [0.25, 0.3) is 5.57 Å². The number of amidine groups is 1. The number of nitrogens with one attached hydrogen (secondary N) is 1. The summed E-state index contributed by atoms with van der Waals surface area (Å²) in [5.41, 5.74) is 10.0. The lowest BCUT2D eigenvalue weighted by atomic mass is 9.89. The van der Waals surface area contributed by atoms with E-state index >= 15 is 0 Å². The molecule has 1 saturated carbocycles. The van der Waals surface area contributed by atoms with Crippen molar-refractivity contribution in [3.05, 3.63) is 35.4 Å². The third kappa shape index (κ3) is 10.0. The second-order valence-corrected chi connectivity index (χ2v) is 10.6. The molecule has 0 aromatic heterocycles. The van der Waals surface area contributed by atoms with Gasteiger partial charge >= 0.3 is 6.09 Å². The number of aliphatic imine (C=N–C) groups is 1. The smallest absolute Gasteiger partial charge is 0.407 e. The molecule has 1 atom stereocenters. The first-order valence-electron chi connectivity index (χ1n) is 12.7. The normalized spacial score (nSPS) is 19.4. The molecular weight excluding hydrogens is 410 g/mol. The van der Waals surface area contributed by atoms with E-state index in [-0.39, 0.29) is 12.1 Å². The zero-order chi connectivity index (χ0) is 24.4. The minimum absolute atomic E-state index is 0.127. The Morgan fingerprint density at radius 1 is 1.21 bits per heavy atom. The summed E-state index contributed by atoms with van der Waals surface area (Å²) in [6.45, 7) is 11.9. The first kappa shape index (κ1) is 26.9. The number of hydrogen-bond acceptors (Lipinski definition) is 3. The highest BCUT2D eigenvalue weighted by atomic mass is 16.6. The van der Waals surface area contributed by atoms with Crippen molar-refractivity contribution in [2.75, 3.05) is 0 Å². The van der Waals surface area contributed by atoms with E-state index in [1.165, 1.54) is 42.4 Å². The van der Waals surface area contributed by atoms with Crippen LogP contribution in [0.5, 0.6) is 0 Å². The first-order chi connectivity index (χ1) is 15.6. The van der Waals surface area contributed by atoms with Gasteiger partial charge in [0, 0.05) is 6.04 Å². The molecule has 184 valence electrons. The lowest BCUT2D eigenvalue weighted by Crippen LogP contribution is -2.39. The zero-order valence-corrected chi connectivity index (χ0v) is 21.7.